The van der Waals surface area contributed by atoms with Gasteiger partial charge in [-0.1, -0.05) is 174 Å². The highest BCUT2D eigenvalue weighted by Gasteiger charge is 2.27. The van der Waals surface area contributed by atoms with Gasteiger partial charge >= 0.3 is 0 Å². The molecule has 0 saturated carbocycles. The Morgan fingerprint density at radius 3 is 1.94 bits per heavy atom. The first-order chi connectivity index (χ1) is 39.4. The number of aromatic hydroxyl groups is 1. The van der Waals surface area contributed by atoms with Crippen molar-refractivity contribution < 1.29 is 35.3 Å². The summed E-state index contributed by atoms with van der Waals surface area (Å²) in [7, 11) is 0. The Balaban J connectivity index is 1.45. The molecule has 8 aromatic rings. The summed E-state index contributed by atoms with van der Waals surface area (Å²) in [6.45, 7) is -8.45. The van der Waals surface area contributed by atoms with Gasteiger partial charge in [-0.15, -0.1) is 0 Å². The second-order valence-corrected chi connectivity index (χ2v) is 18.1. The summed E-state index contributed by atoms with van der Waals surface area (Å²) in [5.41, 5.74) is -3.51. The molecule has 2 aromatic heterocycles. The summed E-state index contributed by atoms with van der Waals surface area (Å²) in [6, 6.07) is 26.3. The van der Waals surface area contributed by atoms with E-state index < -0.39 is 92.7 Å². The largest absolute Gasteiger partial charge is 0.507 e. The Morgan fingerprint density at radius 1 is 0.562 bits per heavy atom. The van der Waals surface area contributed by atoms with Crippen LogP contribution in [0.2, 0.25) is 0 Å². The van der Waals surface area contributed by atoms with Crippen molar-refractivity contribution in [2.45, 2.75) is 118 Å². The summed E-state index contributed by atoms with van der Waals surface area (Å²) < 4.78 is 190. The Morgan fingerprint density at radius 2 is 1.27 bits per heavy atom. The third kappa shape index (κ3) is 8.68. The number of benzene rings is 6. The maximum absolute atomic E-state index is 12.5. The van der Waals surface area contributed by atoms with E-state index in [1.54, 1.807) is 47.0 Å². The maximum atomic E-state index is 12.5. The Bertz CT molecular complexity index is 3810. The van der Waals surface area contributed by atoms with Crippen LogP contribution in [-0.2, 0) is 16.2 Å². The zero-order valence-electron chi connectivity index (χ0n) is 58.9. The van der Waals surface area contributed by atoms with E-state index in [-0.39, 0.29) is 45.8 Å². The number of hydrogen-bond donors (Lipinski definition) is 1. The smallest absolute Gasteiger partial charge is 0.149 e. The molecule has 0 spiro atoms. The van der Waals surface area contributed by atoms with Crippen molar-refractivity contribution in [2.24, 2.45) is 0 Å². The monoisotopic (exact) mass is 866 g/mol. The van der Waals surface area contributed by atoms with E-state index in [0.717, 1.165) is 11.1 Å². The minimum atomic E-state index is -3.86. The highest BCUT2D eigenvalue weighted by atomic mass is 16.3. The molecular formula is C60H65N3O. The Labute approximate surface area is 413 Å². The number of phenols is 1. The molecule has 64 heavy (non-hydrogen) atoms. The van der Waals surface area contributed by atoms with Gasteiger partial charge in [0.1, 0.15) is 11.6 Å². The lowest BCUT2D eigenvalue weighted by Gasteiger charge is -2.23. The fraction of sp³-hybridized carbons (Fsp3) is 0.300. The number of nitrogens with zero attached hydrogens (tertiary/aromatic N) is 3. The molecular weight excluding hydrogens is 779 g/mol. The third-order valence-corrected chi connectivity index (χ3v) is 11.6. The molecule has 0 aliphatic rings. The van der Waals surface area contributed by atoms with Gasteiger partial charge in [-0.25, -0.2) is 4.98 Å². The number of hydrogen-bond acceptors (Lipinski definition) is 3. The zero-order chi connectivity index (χ0) is 64.4. The molecule has 0 fully saturated rings. The fourth-order valence-corrected chi connectivity index (χ4v) is 7.95. The number of fused-ring (bicyclic) bond motifs is 1. The van der Waals surface area contributed by atoms with Gasteiger partial charge in [0.25, 0.3) is 0 Å². The number of phenolic OH excluding ortho intramolecular Hbond substituents is 1. The van der Waals surface area contributed by atoms with Crippen LogP contribution >= 0.6 is 0 Å². The molecule has 4 nitrogen and oxygen atoms in total. The van der Waals surface area contributed by atoms with E-state index in [0.29, 0.717) is 50.1 Å². The van der Waals surface area contributed by atoms with Gasteiger partial charge in [-0.2, -0.15) is 0 Å². The lowest BCUT2D eigenvalue weighted by Crippen LogP contribution is -2.12. The van der Waals surface area contributed by atoms with Crippen LogP contribution in [0.15, 0.2) is 140 Å². The molecule has 0 saturated heterocycles. The predicted molar refractivity (Wildman–Crippen MR) is 272 cm³/mol. The second kappa shape index (κ2) is 16.7. The van der Waals surface area contributed by atoms with Crippen molar-refractivity contribution in [3.63, 3.8) is 0 Å². The normalized spacial score (nSPS) is 18.7. The number of rotatable bonds is 8. The highest BCUT2D eigenvalue weighted by molar-refractivity contribution is 5.98. The predicted octanol–water partition coefficient (Wildman–Crippen LogP) is 16.6. The number of para-hydroxylation sites is 1. The van der Waals surface area contributed by atoms with Crippen LogP contribution in [0.3, 0.4) is 0 Å². The molecule has 0 atom stereocenters. The van der Waals surface area contributed by atoms with Crippen molar-refractivity contribution in [3.05, 3.63) is 167 Å². The molecule has 0 aliphatic carbocycles. The SMILES string of the molecule is [2H]c1c([2H])c(C(C([2H])([2H])[2H])(C([2H])([2H])[2H])C([2H])([2H])[2H])c([2H])c([2H])c1-c1ccnc(-c2cc(-c3cccc4c3nc(-c3cc(C(C)C)cc(C(C)C)c3O)n4-c3ccc(C(C([2H])([2H])[2H])(C([2H])([2H])[2H])C([2H])([2H])[2H])cc3-c3ccccc3)cc(C(C)(C)C)c2)c1. The van der Waals surface area contributed by atoms with Gasteiger partial charge in [0.05, 0.1) is 33.5 Å². The molecule has 4 heteroatoms. The molecule has 0 unspecified atom stereocenters. The summed E-state index contributed by atoms with van der Waals surface area (Å²) in [4.78, 5) is 10.1. The Hall–Kier alpha value is -6.26. The quantitative estimate of drug-likeness (QED) is 0.166. The van der Waals surface area contributed by atoms with Gasteiger partial charge < -0.3 is 5.11 Å². The molecule has 0 bridgehead atoms. The molecule has 6 aromatic carbocycles. The summed E-state index contributed by atoms with van der Waals surface area (Å²) in [5, 5.41) is 12.5. The lowest BCUT2D eigenvalue weighted by molar-refractivity contribution is 0.466. The summed E-state index contributed by atoms with van der Waals surface area (Å²) in [5.74, 6) is -0.0686. The average Bonchev–Trinajstić information content (AvgIpc) is 0.946. The lowest BCUT2D eigenvalue weighted by atomic mass is 9.83. The van der Waals surface area contributed by atoms with Crippen LogP contribution in [0.4, 0.5) is 0 Å². The molecule has 1 N–H and O–H groups in total. The summed E-state index contributed by atoms with van der Waals surface area (Å²) >= 11 is 0. The van der Waals surface area contributed by atoms with Gasteiger partial charge in [0.2, 0.25) is 0 Å². The van der Waals surface area contributed by atoms with Crippen LogP contribution in [-0.4, -0.2) is 19.6 Å². The molecule has 0 amide bonds. The van der Waals surface area contributed by atoms with Gasteiger partial charge in [-0.3, -0.25) is 9.55 Å². The minimum absolute atomic E-state index is 0.0376. The van der Waals surface area contributed by atoms with E-state index in [9.17, 15) is 5.11 Å². The van der Waals surface area contributed by atoms with Crippen molar-refractivity contribution in [2.75, 3.05) is 0 Å². The first-order valence-corrected chi connectivity index (χ1v) is 21.2. The van der Waals surface area contributed by atoms with Gasteiger partial charge in [0, 0.05) is 47.6 Å². The van der Waals surface area contributed by atoms with Crippen LogP contribution < -0.4 is 0 Å². The zero-order valence-corrected chi connectivity index (χ0v) is 36.9. The topological polar surface area (TPSA) is 50.9 Å². The molecule has 0 radical (unpaired) electrons. The Kier molecular flexibility index (Phi) is 6.45. The molecule has 0 aliphatic heterocycles. The van der Waals surface area contributed by atoms with E-state index >= 15 is 0 Å². The minimum Gasteiger partial charge on any atom is -0.507 e. The van der Waals surface area contributed by atoms with Crippen LogP contribution in [0.25, 0.3) is 72.7 Å². The maximum Gasteiger partial charge on any atom is 0.149 e. The van der Waals surface area contributed by atoms with Crippen LogP contribution in [0.5, 0.6) is 5.75 Å². The fourth-order valence-electron chi connectivity index (χ4n) is 7.95. The first kappa shape index (κ1) is 24.7. The molecule has 326 valence electrons. The van der Waals surface area contributed by atoms with E-state index in [2.05, 4.69) is 4.98 Å². The van der Waals surface area contributed by atoms with Crippen molar-refractivity contribution in [1.29, 1.82) is 0 Å². The number of aromatic nitrogens is 3. The number of imidazole rings is 1. The van der Waals surface area contributed by atoms with Gasteiger partial charge in [0.15, 0.2) is 0 Å². The third-order valence-electron chi connectivity index (χ3n) is 11.6. The van der Waals surface area contributed by atoms with Crippen LogP contribution in [0, 0.1) is 0 Å². The first-order valence-electron chi connectivity index (χ1n) is 32.2. The van der Waals surface area contributed by atoms with Gasteiger partial charge in [-0.05, 0) is 127 Å². The highest BCUT2D eigenvalue weighted by Crippen LogP contribution is 2.45. The van der Waals surface area contributed by atoms with Crippen LogP contribution in [0.1, 0.15) is 159 Å². The van der Waals surface area contributed by atoms with Crippen molar-refractivity contribution >= 4 is 11.0 Å². The standard InChI is InChI=1S/C60H65N3O/c1-37(2)42-33-49(38(3)4)56(64)51(34-42)57-62-55-48(20-17-21-54(55)63(57)53-27-26-46(59(8,9)10)36-50(53)40-18-15-14-16-19-40)43-30-44(32-47(31-43)60(11,12)13)52-35-41(28-29-61-52)39-22-24-45(25-23-39)58(5,6)7/h14-38,64H,1-13H3/i5D3,6D3,7D3,8D3,9D3,10D3,22D,23D,24D,25D. The van der Waals surface area contributed by atoms with E-state index in [1.807, 2.05) is 84.9 Å². The average molecular weight is 866 g/mol. The van der Waals surface area contributed by atoms with E-state index in [4.69, 9.17) is 35.1 Å². The second-order valence-electron chi connectivity index (χ2n) is 18.1. The van der Waals surface area contributed by atoms with Crippen molar-refractivity contribution in [3.8, 4) is 67.5 Å². The molecule has 8 rings (SSSR count). The van der Waals surface area contributed by atoms with Crippen molar-refractivity contribution in [1.82, 2.24) is 14.5 Å². The number of pyridine rings is 1. The van der Waals surface area contributed by atoms with E-state index in [1.165, 1.54) is 36.5 Å². The summed E-state index contributed by atoms with van der Waals surface area (Å²) in [6.07, 6.45) is 1.36. The molecule has 2 heterocycles.